The van der Waals surface area contributed by atoms with Gasteiger partial charge in [-0.2, -0.15) is 5.10 Å². The van der Waals surface area contributed by atoms with Crippen LogP contribution in [0.15, 0.2) is 0 Å². The van der Waals surface area contributed by atoms with E-state index in [4.69, 9.17) is 9.84 Å². The molecule has 0 aliphatic rings. The van der Waals surface area contributed by atoms with E-state index in [0.717, 1.165) is 0 Å². The molecule has 0 aliphatic heterocycles. The molecule has 1 unspecified atom stereocenters. The third-order valence-electron chi connectivity index (χ3n) is 2.59. The van der Waals surface area contributed by atoms with Crippen LogP contribution in [-0.2, 0) is 16.1 Å². The van der Waals surface area contributed by atoms with Gasteiger partial charge in [-0.1, -0.05) is 0 Å². The minimum Gasteiger partial charge on any atom is -0.481 e. The van der Waals surface area contributed by atoms with Gasteiger partial charge >= 0.3 is 12.0 Å². The van der Waals surface area contributed by atoms with Gasteiger partial charge < -0.3 is 20.1 Å². The molecule has 1 rings (SSSR count). The number of nitrogens with one attached hydrogen (secondary N) is 2. The van der Waals surface area contributed by atoms with Crippen molar-refractivity contribution in [1.82, 2.24) is 25.4 Å². The molecule has 2 amide bonds. The van der Waals surface area contributed by atoms with Gasteiger partial charge in [-0.15, -0.1) is 0 Å². The van der Waals surface area contributed by atoms with Gasteiger partial charge in [0, 0.05) is 20.7 Å². The number of carboxylic acids is 1. The minimum atomic E-state index is -0.976. The fraction of sp³-hybridized carbons (Fsp3) is 0.636. The molecule has 0 aliphatic carbocycles. The molecule has 0 saturated heterocycles. The number of carbonyl (C=O) groups excluding carboxylic acids is 1. The number of nitrogens with zero attached hydrogens (tertiary/aromatic N) is 3. The largest absolute Gasteiger partial charge is 0.481 e. The van der Waals surface area contributed by atoms with Crippen molar-refractivity contribution in [2.45, 2.75) is 26.0 Å². The zero-order valence-electron chi connectivity index (χ0n) is 11.7. The number of methoxy groups -OCH3 is 1. The van der Waals surface area contributed by atoms with Crippen molar-refractivity contribution in [1.29, 1.82) is 0 Å². The molecule has 1 atom stereocenters. The summed E-state index contributed by atoms with van der Waals surface area (Å²) >= 11 is 0. The maximum atomic E-state index is 11.8. The highest BCUT2D eigenvalue weighted by Crippen LogP contribution is 1.99. The number of aliphatic carboxylic acids is 1. The van der Waals surface area contributed by atoms with E-state index >= 15 is 0 Å². The molecule has 0 bridgehead atoms. The number of rotatable bonds is 7. The predicted molar refractivity (Wildman–Crippen MR) is 69.0 cm³/mol. The van der Waals surface area contributed by atoms with Crippen LogP contribution in [-0.4, -0.2) is 64.0 Å². The molecule has 0 radical (unpaired) electrons. The molecule has 1 aromatic rings. The molecule has 3 N–H and O–H groups in total. The van der Waals surface area contributed by atoms with Crippen LogP contribution in [0.3, 0.4) is 0 Å². The first-order valence-corrected chi connectivity index (χ1v) is 6.03. The van der Waals surface area contributed by atoms with Gasteiger partial charge in [-0.3, -0.25) is 9.89 Å². The topological polar surface area (TPSA) is 120 Å². The van der Waals surface area contributed by atoms with Crippen LogP contribution in [0.5, 0.6) is 0 Å². The number of aromatic amines is 1. The lowest BCUT2D eigenvalue weighted by molar-refractivity contribution is -0.139. The lowest BCUT2D eigenvalue weighted by Gasteiger charge is -2.19. The molecule has 1 heterocycles. The van der Waals surface area contributed by atoms with Gasteiger partial charge in [0.25, 0.3) is 0 Å². The standard InChI is InChI=1S/C11H19N5O4/c1-7-13-9(15-14-7)6-16(2)11(19)12-5-8(20-3)4-10(17)18/h8H,4-6H2,1-3H3,(H,12,19)(H,17,18)(H,13,14,15). The summed E-state index contributed by atoms with van der Waals surface area (Å²) in [6.45, 7) is 2.15. The molecule has 112 valence electrons. The number of urea groups is 1. The van der Waals surface area contributed by atoms with E-state index in [1.807, 2.05) is 0 Å². The lowest BCUT2D eigenvalue weighted by atomic mass is 10.2. The molecule has 1 aromatic heterocycles. The number of hydrogen-bond acceptors (Lipinski definition) is 5. The molecule has 0 saturated carbocycles. The smallest absolute Gasteiger partial charge is 0.317 e. The summed E-state index contributed by atoms with van der Waals surface area (Å²) in [6.07, 6.45) is -0.726. The quantitative estimate of drug-likeness (QED) is 0.635. The number of ether oxygens (including phenoxy) is 1. The summed E-state index contributed by atoms with van der Waals surface area (Å²) in [6, 6.07) is -0.347. The van der Waals surface area contributed by atoms with Gasteiger partial charge in [0.2, 0.25) is 0 Å². The van der Waals surface area contributed by atoms with E-state index in [1.54, 1.807) is 14.0 Å². The number of H-pyrrole nitrogens is 1. The van der Waals surface area contributed by atoms with Gasteiger partial charge in [0.1, 0.15) is 5.82 Å². The summed E-state index contributed by atoms with van der Waals surface area (Å²) in [5.74, 6) is 0.208. The van der Waals surface area contributed by atoms with Crippen LogP contribution < -0.4 is 5.32 Å². The van der Waals surface area contributed by atoms with Crippen LogP contribution in [0.2, 0.25) is 0 Å². The summed E-state index contributed by atoms with van der Waals surface area (Å²) < 4.78 is 4.97. The van der Waals surface area contributed by atoms with Crippen LogP contribution in [0.4, 0.5) is 4.79 Å². The third kappa shape index (κ3) is 5.22. The maximum Gasteiger partial charge on any atom is 0.317 e. The number of aryl methyl sites for hydroxylation is 1. The van der Waals surface area contributed by atoms with Gasteiger partial charge in [0.15, 0.2) is 5.82 Å². The Morgan fingerprint density at radius 2 is 2.25 bits per heavy atom. The Kier molecular flexibility index (Phi) is 5.91. The molecular weight excluding hydrogens is 266 g/mol. The normalized spacial score (nSPS) is 11.9. The van der Waals surface area contributed by atoms with Crippen molar-refractivity contribution in [3.8, 4) is 0 Å². The van der Waals surface area contributed by atoms with Crippen molar-refractivity contribution in [2.24, 2.45) is 0 Å². The highest BCUT2D eigenvalue weighted by molar-refractivity contribution is 5.74. The van der Waals surface area contributed by atoms with Crippen molar-refractivity contribution in [3.63, 3.8) is 0 Å². The number of aromatic nitrogens is 3. The van der Waals surface area contributed by atoms with Gasteiger partial charge in [0.05, 0.1) is 19.1 Å². The number of amides is 2. The molecule has 9 nitrogen and oxygen atoms in total. The van der Waals surface area contributed by atoms with E-state index in [1.165, 1.54) is 12.0 Å². The first-order valence-electron chi connectivity index (χ1n) is 6.03. The van der Waals surface area contributed by atoms with Crippen LogP contribution in [0.25, 0.3) is 0 Å². The molecule has 9 heteroatoms. The van der Waals surface area contributed by atoms with Gasteiger partial charge in [-0.25, -0.2) is 9.78 Å². The average molecular weight is 285 g/mol. The highest BCUT2D eigenvalue weighted by atomic mass is 16.5. The fourth-order valence-electron chi connectivity index (χ4n) is 1.51. The van der Waals surface area contributed by atoms with E-state index in [-0.39, 0.29) is 25.5 Å². The van der Waals surface area contributed by atoms with Crippen molar-refractivity contribution in [3.05, 3.63) is 11.6 Å². The van der Waals surface area contributed by atoms with Crippen LogP contribution in [0, 0.1) is 6.92 Å². The second-order valence-corrected chi connectivity index (χ2v) is 4.33. The van der Waals surface area contributed by atoms with Gasteiger partial charge in [-0.05, 0) is 6.92 Å². The van der Waals surface area contributed by atoms with Crippen molar-refractivity contribution in [2.75, 3.05) is 20.7 Å². The number of carbonyl (C=O) groups is 2. The second kappa shape index (κ2) is 7.43. The number of carboxylic acid groups (broad SMARTS) is 1. The van der Waals surface area contributed by atoms with Crippen LogP contribution in [0.1, 0.15) is 18.1 Å². The average Bonchev–Trinajstić information content (AvgIpc) is 2.78. The molecule has 0 fully saturated rings. The summed E-state index contributed by atoms with van der Waals surface area (Å²) in [5, 5.41) is 17.9. The highest BCUT2D eigenvalue weighted by Gasteiger charge is 2.16. The van der Waals surface area contributed by atoms with Crippen LogP contribution >= 0.6 is 0 Å². The third-order valence-corrected chi connectivity index (χ3v) is 2.59. The maximum absolute atomic E-state index is 11.8. The Morgan fingerprint density at radius 1 is 1.55 bits per heavy atom. The Hall–Kier alpha value is -2.16. The predicted octanol–water partition coefficient (Wildman–Crippen LogP) is -0.256. The van der Waals surface area contributed by atoms with E-state index < -0.39 is 12.1 Å². The second-order valence-electron chi connectivity index (χ2n) is 4.33. The minimum absolute atomic E-state index is 0.124. The van der Waals surface area contributed by atoms with E-state index in [0.29, 0.717) is 11.6 Å². The Labute approximate surface area is 116 Å². The monoisotopic (exact) mass is 285 g/mol. The zero-order chi connectivity index (χ0) is 15.1. The Balaban J connectivity index is 2.39. The van der Waals surface area contributed by atoms with Crippen molar-refractivity contribution < 1.29 is 19.4 Å². The van der Waals surface area contributed by atoms with Crippen molar-refractivity contribution >= 4 is 12.0 Å². The Morgan fingerprint density at radius 3 is 2.75 bits per heavy atom. The number of hydrogen-bond donors (Lipinski definition) is 3. The summed E-state index contributed by atoms with van der Waals surface area (Å²) in [4.78, 5) is 27.9. The Bertz CT molecular complexity index is 461. The summed E-state index contributed by atoms with van der Waals surface area (Å²) in [7, 11) is 3.00. The van der Waals surface area contributed by atoms with E-state index in [9.17, 15) is 9.59 Å². The zero-order valence-corrected chi connectivity index (χ0v) is 11.7. The molecule has 0 spiro atoms. The molecule has 0 aromatic carbocycles. The molecule has 20 heavy (non-hydrogen) atoms. The first-order chi connectivity index (χ1) is 9.42. The molecular formula is C11H19N5O4. The SMILES string of the molecule is COC(CNC(=O)N(C)Cc1n[nH]c(C)n1)CC(=O)O. The first kappa shape index (κ1) is 15.9. The van der Waals surface area contributed by atoms with E-state index in [2.05, 4.69) is 20.5 Å². The summed E-state index contributed by atoms with van der Waals surface area (Å²) in [5.41, 5.74) is 0. The fourth-order valence-corrected chi connectivity index (χ4v) is 1.51. The lowest BCUT2D eigenvalue weighted by Crippen LogP contribution is -2.41.